The Balaban J connectivity index is 0.00000247. The monoisotopic (exact) mass is 564 g/mol. The molecule has 1 aliphatic rings. The topological polar surface area (TPSA) is 51.2 Å². The Hall–Kier alpha value is -5.09. The quantitative estimate of drug-likeness (QED) is 0.241. The maximum absolute atomic E-state index is 13.6. The van der Waals surface area contributed by atoms with Crippen molar-refractivity contribution in [2.24, 2.45) is 0 Å². The molecule has 0 bridgehead atoms. The second-order valence-electron chi connectivity index (χ2n) is 6.31. The van der Waals surface area contributed by atoms with E-state index in [0.717, 1.165) is 11.1 Å². The molecule has 2 aromatic carbocycles. The zero-order chi connectivity index (χ0) is 26.6. The summed E-state index contributed by atoms with van der Waals surface area (Å²) in [5, 5.41) is 0. The Morgan fingerprint density at radius 1 is 0.514 bits per heavy atom. The molecule has 0 amide bonds. The van der Waals surface area contributed by atoms with Crippen LogP contribution in [-0.2, 0) is 33.9 Å². The van der Waals surface area contributed by atoms with Gasteiger partial charge in [0.25, 0.3) is 0 Å². The molecule has 0 aliphatic heterocycles. The molecule has 0 N–H and O–H groups in total. The first-order valence-electron chi connectivity index (χ1n) is 10.2. The van der Waals surface area contributed by atoms with Crippen LogP contribution in [0.5, 0.6) is 0 Å². The van der Waals surface area contributed by atoms with Crippen molar-refractivity contribution in [3.05, 3.63) is 82.9 Å². The minimum Gasteiger partial charge on any atom is -0.545 e. The van der Waals surface area contributed by atoms with Gasteiger partial charge in [-0.25, -0.2) is 0 Å². The molecule has 3 rings (SSSR count). The van der Waals surface area contributed by atoms with Crippen LogP contribution in [0, 0.1) is 71.0 Å². The SMILES string of the molecule is CC#CC#CC#CC1=C(c2ccccc2)C(=O)C(c2ccccc2)=C1C#CC#CC#CC.[CH-]=O.[CH-]=O.[Ru+2]. The summed E-state index contributed by atoms with van der Waals surface area (Å²) < 4.78 is 0. The van der Waals surface area contributed by atoms with E-state index in [-0.39, 0.29) is 25.3 Å². The third kappa shape index (κ3) is 9.23. The second-order valence-corrected chi connectivity index (χ2v) is 6.31. The minimum absolute atomic E-state index is 0. The Morgan fingerprint density at radius 2 is 0.838 bits per heavy atom. The van der Waals surface area contributed by atoms with Crippen LogP contribution in [-0.4, -0.2) is 19.4 Å². The smallest absolute Gasteiger partial charge is 0.545 e. The van der Waals surface area contributed by atoms with Crippen molar-refractivity contribution in [3.63, 3.8) is 0 Å². The molecule has 3 nitrogen and oxygen atoms in total. The number of carbonyl (C=O) groups is 1. The van der Waals surface area contributed by atoms with Crippen molar-refractivity contribution >= 4 is 30.5 Å². The van der Waals surface area contributed by atoms with Crippen molar-refractivity contribution in [1.29, 1.82) is 0 Å². The molecule has 2 aromatic rings. The van der Waals surface area contributed by atoms with E-state index in [2.05, 4.69) is 84.6 Å². The van der Waals surface area contributed by atoms with Gasteiger partial charge in [0.1, 0.15) is 0 Å². The van der Waals surface area contributed by atoms with E-state index in [0.29, 0.717) is 22.3 Å². The van der Waals surface area contributed by atoms with Crippen LogP contribution in [0.15, 0.2) is 71.8 Å². The van der Waals surface area contributed by atoms with Gasteiger partial charge in [-0.15, -0.1) is 0 Å². The molecular weight excluding hydrogens is 545 g/mol. The number of Topliss-reactive ketones (excluding diaryl/α,β-unsaturated/α-hetero) is 1. The largest absolute Gasteiger partial charge is 2.00 e. The van der Waals surface area contributed by atoms with Crippen molar-refractivity contribution in [3.8, 4) is 71.0 Å². The number of carbonyl (C=O) groups excluding carboxylic acids is 3. The molecule has 0 atom stereocenters. The van der Waals surface area contributed by atoms with Crippen molar-refractivity contribution in [1.82, 2.24) is 0 Å². The van der Waals surface area contributed by atoms with Crippen LogP contribution in [0.4, 0.5) is 0 Å². The third-order valence-corrected chi connectivity index (χ3v) is 4.33. The Bertz CT molecular complexity index is 1420. The second kappa shape index (κ2) is 19.2. The van der Waals surface area contributed by atoms with E-state index < -0.39 is 0 Å². The molecule has 0 saturated carbocycles. The van der Waals surface area contributed by atoms with E-state index in [1.165, 1.54) is 0 Å². The van der Waals surface area contributed by atoms with Crippen LogP contribution in [0.2, 0.25) is 0 Å². The van der Waals surface area contributed by atoms with E-state index in [9.17, 15) is 4.79 Å². The van der Waals surface area contributed by atoms with Gasteiger partial charge in [-0.05, 0) is 72.3 Å². The van der Waals surface area contributed by atoms with Gasteiger partial charge in [-0.1, -0.05) is 84.3 Å². The summed E-state index contributed by atoms with van der Waals surface area (Å²) in [5.41, 5.74) is 3.63. The zero-order valence-corrected chi connectivity index (χ0v) is 21.7. The fraction of sp³-hybridized carbons (Fsp3) is 0.0606. The maximum atomic E-state index is 13.6. The molecule has 176 valence electrons. The molecule has 0 heterocycles. The molecule has 0 fully saturated rings. The van der Waals surface area contributed by atoms with Crippen molar-refractivity contribution < 1.29 is 33.9 Å². The molecule has 4 heteroatoms. The first-order chi connectivity index (χ1) is 17.8. The Kier molecular flexibility index (Phi) is 16.6. The van der Waals surface area contributed by atoms with E-state index >= 15 is 0 Å². The Morgan fingerprint density at radius 3 is 1.16 bits per heavy atom. The predicted molar refractivity (Wildman–Crippen MR) is 143 cm³/mol. The molecular formula is C33H18O3Ru. The number of ketones is 1. The first-order valence-corrected chi connectivity index (χ1v) is 10.2. The van der Waals surface area contributed by atoms with Gasteiger partial charge >= 0.3 is 19.5 Å². The van der Waals surface area contributed by atoms with Gasteiger partial charge in [-0.2, -0.15) is 0 Å². The third-order valence-electron chi connectivity index (χ3n) is 4.33. The number of allylic oxidation sites excluding steroid dienone is 4. The summed E-state index contributed by atoms with van der Waals surface area (Å²) in [5.74, 6) is 33.1. The molecule has 0 saturated heterocycles. The van der Waals surface area contributed by atoms with Gasteiger partial charge in [0.05, 0.1) is 11.1 Å². The van der Waals surface area contributed by atoms with Crippen LogP contribution in [0.25, 0.3) is 11.1 Å². The summed E-state index contributed by atoms with van der Waals surface area (Å²) in [6.07, 6.45) is 0. The van der Waals surface area contributed by atoms with Gasteiger partial charge in [0, 0.05) is 11.1 Å². The Labute approximate surface area is 231 Å². The van der Waals surface area contributed by atoms with Crippen molar-refractivity contribution in [2.75, 3.05) is 0 Å². The average molecular weight is 564 g/mol. The number of hydrogen-bond acceptors (Lipinski definition) is 3. The van der Waals surface area contributed by atoms with Gasteiger partial charge in [-0.3, -0.25) is 18.4 Å². The van der Waals surface area contributed by atoms with Crippen LogP contribution in [0.1, 0.15) is 25.0 Å². The summed E-state index contributed by atoms with van der Waals surface area (Å²) >= 11 is 0. The molecule has 0 unspecified atom stereocenters. The fourth-order valence-electron chi connectivity index (χ4n) is 3.05. The van der Waals surface area contributed by atoms with Crippen molar-refractivity contribution in [2.45, 2.75) is 13.8 Å². The van der Waals surface area contributed by atoms with Gasteiger partial charge in [0.15, 0.2) is 5.78 Å². The normalized spacial score (nSPS) is 9.73. The van der Waals surface area contributed by atoms with Gasteiger partial charge < -0.3 is 9.59 Å². The summed E-state index contributed by atoms with van der Waals surface area (Å²) in [7, 11) is 0. The maximum Gasteiger partial charge on any atom is 2.00 e. The zero-order valence-electron chi connectivity index (χ0n) is 20.0. The number of benzene rings is 2. The summed E-state index contributed by atoms with van der Waals surface area (Å²) in [6.45, 7) is 9.92. The first kappa shape index (κ1) is 31.9. The number of rotatable bonds is 2. The predicted octanol–water partition coefficient (Wildman–Crippen LogP) is 3.99. The van der Waals surface area contributed by atoms with E-state index in [4.69, 9.17) is 9.59 Å². The van der Waals surface area contributed by atoms with Crippen LogP contribution < -0.4 is 0 Å². The van der Waals surface area contributed by atoms with Crippen LogP contribution >= 0.6 is 0 Å². The molecule has 1 aliphatic carbocycles. The molecule has 0 spiro atoms. The van der Waals surface area contributed by atoms with Gasteiger partial charge in [0.2, 0.25) is 0 Å². The molecule has 0 radical (unpaired) electrons. The summed E-state index contributed by atoms with van der Waals surface area (Å²) in [4.78, 5) is 29.1. The summed E-state index contributed by atoms with van der Waals surface area (Å²) in [6, 6.07) is 18.9. The molecule has 37 heavy (non-hydrogen) atoms. The van der Waals surface area contributed by atoms with E-state index in [1.54, 1.807) is 13.8 Å². The average Bonchev–Trinajstić information content (AvgIpc) is 3.22. The number of hydrogen-bond donors (Lipinski definition) is 0. The van der Waals surface area contributed by atoms with Crippen LogP contribution in [0.3, 0.4) is 0 Å². The standard InChI is InChI=1S/C31H16O.2CHO.Ru/c1-3-5-7-9-17-23-27-28(24-18-10-8-6-4-2)30(26-21-15-12-16-22-26)31(32)29(27)25-19-13-11-14-20-25;2*1-2;/h11-16,19-22H,1-2H3;2*1H;/q;2*-1;+2. The fourth-order valence-corrected chi connectivity index (χ4v) is 3.05. The van der Waals surface area contributed by atoms with E-state index in [1.807, 2.05) is 60.7 Å². The minimum atomic E-state index is -0.126. The molecule has 0 aromatic heterocycles.